The van der Waals surface area contributed by atoms with E-state index in [9.17, 15) is 18.1 Å². The summed E-state index contributed by atoms with van der Waals surface area (Å²) >= 11 is 0. The van der Waals surface area contributed by atoms with E-state index in [1.54, 1.807) is 0 Å². The van der Waals surface area contributed by atoms with Crippen LogP contribution >= 0.6 is 0 Å². The van der Waals surface area contributed by atoms with Crippen molar-refractivity contribution in [1.29, 1.82) is 0 Å². The van der Waals surface area contributed by atoms with Gasteiger partial charge in [-0.25, -0.2) is 8.42 Å². The molecule has 0 aliphatic heterocycles. The molecule has 0 heterocycles. The van der Waals surface area contributed by atoms with Gasteiger partial charge in [0.05, 0.1) is 0 Å². The first-order valence-corrected chi connectivity index (χ1v) is 11.0. The molecule has 0 fully saturated rings. The monoisotopic (exact) mass is 388 g/mol. The van der Waals surface area contributed by atoms with Crippen molar-refractivity contribution in [2.45, 2.75) is 115 Å². The number of hydrogen-bond acceptors (Lipinski definition) is 4. The second-order valence-electron chi connectivity index (χ2n) is 6.79. The van der Waals surface area contributed by atoms with Gasteiger partial charge in [0.15, 0.2) is 4.93 Å². The summed E-state index contributed by atoms with van der Waals surface area (Å²) in [5.74, 6) is 0. The van der Waals surface area contributed by atoms with Gasteiger partial charge >= 0.3 is 51.4 Å². The summed E-state index contributed by atoms with van der Waals surface area (Å²) < 4.78 is 34.0. The molecule has 0 saturated carbocycles. The quantitative estimate of drug-likeness (QED) is 0.250. The number of rotatable bonds is 16. The van der Waals surface area contributed by atoms with Gasteiger partial charge in [0, 0.05) is 0 Å². The molecule has 1 unspecified atom stereocenters. The first kappa shape index (κ1) is 27.7. The molecule has 140 valence electrons. The van der Waals surface area contributed by atoms with Crippen molar-refractivity contribution in [2.24, 2.45) is 0 Å². The molecule has 0 spiro atoms. The molecule has 0 aromatic carbocycles. The Balaban J connectivity index is 0. The molecule has 1 N–H and O–H groups in total. The zero-order chi connectivity index (χ0) is 17.6. The fourth-order valence-corrected chi connectivity index (χ4v) is 3.70. The van der Waals surface area contributed by atoms with E-state index in [1.807, 2.05) is 6.92 Å². The van der Waals surface area contributed by atoms with Gasteiger partial charge in [0.25, 0.3) is 0 Å². The van der Waals surface area contributed by atoms with Crippen LogP contribution < -0.4 is 51.4 Å². The predicted octanol–water partition coefficient (Wildman–Crippen LogP) is 2.12. The third-order valence-electron chi connectivity index (χ3n) is 4.56. The Bertz CT molecular complexity index is 373. The normalized spacial score (nSPS) is 14.2. The third kappa shape index (κ3) is 13.7. The predicted molar refractivity (Wildman–Crippen MR) is 95.3 cm³/mol. The van der Waals surface area contributed by atoms with Crippen LogP contribution in [0.1, 0.15) is 110 Å². The summed E-state index contributed by atoms with van der Waals surface area (Å²) in [6, 6.07) is 0. The van der Waals surface area contributed by atoms with Crippen LogP contribution in [0.15, 0.2) is 0 Å². The van der Waals surface area contributed by atoms with Gasteiger partial charge in [-0.1, -0.05) is 84.5 Å². The van der Waals surface area contributed by atoms with Gasteiger partial charge in [-0.2, -0.15) is 0 Å². The van der Waals surface area contributed by atoms with Gasteiger partial charge in [-0.15, -0.1) is 0 Å². The minimum Gasteiger partial charge on any atom is -0.746 e. The minimum absolute atomic E-state index is 0. The Kier molecular flexibility index (Phi) is 19.2. The molecule has 0 rings (SSSR count). The first-order valence-electron chi connectivity index (χ1n) is 9.55. The molecule has 6 heteroatoms. The van der Waals surface area contributed by atoms with E-state index in [-0.39, 0.29) is 64.2 Å². The SMILES string of the molecule is CCCCCCCCCCCCC(O)(CCCCC)S(=O)(=O)[O-].[K+]. The maximum absolute atomic E-state index is 11.3. The minimum atomic E-state index is -4.65. The van der Waals surface area contributed by atoms with Crippen molar-refractivity contribution in [2.75, 3.05) is 0 Å². The Morgan fingerprint density at radius 1 is 0.708 bits per heavy atom. The summed E-state index contributed by atoms with van der Waals surface area (Å²) in [5.41, 5.74) is 0. The summed E-state index contributed by atoms with van der Waals surface area (Å²) in [4.78, 5) is -2.05. The van der Waals surface area contributed by atoms with Crippen molar-refractivity contribution >= 4 is 10.1 Å². The van der Waals surface area contributed by atoms with E-state index >= 15 is 0 Å². The van der Waals surface area contributed by atoms with E-state index in [2.05, 4.69) is 6.92 Å². The third-order valence-corrected chi connectivity index (χ3v) is 5.90. The molecule has 0 saturated heterocycles. The molecule has 0 bridgehead atoms. The molecular formula is C18H37KO4S. The molecule has 0 radical (unpaired) electrons. The number of unbranched alkanes of at least 4 members (excludes halogenated alkanes) is 11. The van der Waals surface area contributed by atoms with Gasteiger partial charge < -0.3 is 9.66 Å². The molecule has 24 heavy (non-hydrogen) atoms. The number of aliphatic hydroxyl groups is 1. The van der Waals surface area contributed by atoms with Crippen molar-refractivity contribution in [3.8, 4) is 0 Å². The molecular weight excluding hydrogens is 351 g/mol. The van der Waals surface area contributed by atoms with Crippen molar-refractivity contribution < 1.29 is 69.5 Å². The molecule has 0 aromatic heterocycles. The zero-order valence-corrected chi connectivity index (χ0v) is 20.1. The molecule has 0 aliphatic rings. The Hall–Kier alpha value is 1.51. The van der Waals surface area contributed by atoms with Gasteiger partial charge in [-0.05, 0) is 25.7 Å². The molecule has 0 amide bonds. The van der Waals surface area contributed by atoms with Crippen molar-refractivity contribution in [3.63, 3.8) is 0 Å². The van der Waals surface area contributed by atoms with Crippen LogP contribution in [0.3, 0.4) is 0 Å². The van der Waals surface area contributed by atoms with E-state index in [1.165, 1.54) is 38.5 Å². The molecule has 0 aliphatic carbocycles. The largest absolute Gasteiger partial charge is 1.00 e. The summed E-state index contributed by atoms with van der Waals surface area (Å²) in [5, 5.41) is 10.2. The van der Waals surface area contributed by atoms with Crippen molar-refractivity contribution in [1.82, 2.24) is 0 Å². The standard InChI is InChI=1S/C18H38O4S.K/c1-3-5-7-8-9-10-11-12-13-15-17-18(19,23(20,21)22)16-14-6-4-2;/h19H,3-17H2,1-2H3,(H,20,21,22);/q;+1/p-1. The summed E-state index contributed by atoms with van der Waals surface area (Å²) in [6.45, 7) is 4.22. The van der Waals surface area contributed by atoms with Crippen LogP contribution in [-0.2, 0) is 10.1 Å². The smallest absolute Gasteiger partial charge is 0.746 e. The first-order chi connectivity index (χ1) is 10.9. The van der Waals surface area contributed by atoms with Gasteiger partial charge in [0.2, 0.25) is 0 Å². The Labute approximate surface area is 192 Å². The van der Waals surface area contributed by atoms with Crippen LogP contribution in [0.5, 0.6) is 0 Å². The zero-order valence-electron chi connectivity index (χ0n) is 16.2. The summed E-state index contributed by atoms with van der Waals surface area (Å²) in [7, 11) is -4.65. The average Bonchev–Trinajstić information content (AvgIpc) is 2.48. The molecule has 4 nitrogen and oxygen atoms in total. The van der Waals surface area contributed by atoms with Gasteiger partial charge in [0.1, 0.15) is 10.1 Å². The second kappa shape index (κ2) is 16.7. The van der Waals surface area contributed by atoms with E-state index in [4.69, 9.17) is 0 Å². The van der Waals surface area contributed by atoms with Crippen molar-refractivity contribution in [3.05, 3.63) is 0 Å². The van der Waals surface area contributed by atoms with Crippen LogP contribution in [-0.4, -0.2) is 23.0 Å². The van der Waals surface area contributed by atoms with Crippen LogP contribution in [0, 0.1) is 0 Å². The number of hydrogen-bond donors (Lipinski definition) is 1. The van der Waals surface area contributed by atoms with Crippen LogP contribution in [0.4, 0.5) is 0 Å². The molecule has 0 aromatic rings. The maximum atomic E-state index is 11.3. The van der Waals surface area contributed by atoms with E-state index in [0.29, 0.717) is 12.8 Å². The topological polar surface area (TPSA) is 77.4 Å². The molecule has 1 atom stereocenters. The fourth-order valence-electron chi connectivity index (χ4n) is 2.91. The van der Waals surface area contributed by atoms with Crippen LogP contribution in [0.25, 0.3) is 0 Å². The van der Waals surface area contributed by atoms with E-state index in [0.717, 1.165) is 32.1 Å². The average molecular weight is 389 g/mol. The second-order valence-corrected chi connectivity index (χ2v) is 8.46. The van der Waals surface area contributed by atoms with E-state index < -0.39 is 15.1 Å². The van der Waals surface area contributed by atoms with Crippen LogP contribution in [0.2, 0.25) is 0 Å². The van der Waals surface area contributed by atoms with Gasteiger partial charge in [-0.3, -0.25) is 0 Å². The maximum Gasteiger partial charge on any atom is 1.00 e. The fraction of sp³-hybridized carbons (Fsp3) is 1.00. The summed E-state index contributed by atoms with van der Waals surface area (Å²) in [6.07, 6.45) is 14.0. The Morgan fingerprint density at radius 2 is 1.00 bits per heavy atom. The Morgan fingerprint density at radius 3 is 1.38 bits per heavy atom.